The van der Waals surface area contributed by atoms with Crippen molar-refractivity contribution in [1.82, 2.24) is 20.4 Å². The van der Waals surface area contributed by atoms with Gasteiger partial charge in [-0.15, -0.1) is 0 Å². The number of nitrogens with zero attached hydrogens (tertiary/aromatic N) is 3. The first kappa shape index (κ1) is 14.0. The van der Waals surface area contributed by atoms with Crippen LogP contribution in [0.1, 0.15) is 63.2 Å². The normalized spacial score (nSPS) is 23.1. The van der Waals surface area contributed by atoms with E-state index in [9.17, 15) is 9.59 Å². The zero-order chi connectivity index (χ0) is 15.0. The Hall–Kier alpha value is -1.92. The van der Waals surface area contributed by atoms with Gasteiger partial charge in [-0.25, -0.2) is 0 Å². The lowest BCUT2D eigenvalue weighted by atomic mass is 10.2. The zero-order valence-corrected chi connectivity index (χ0v) is 12.3. The van der Waals surface area contributed by atoms with Crippen LogP contribution in [0.3, 0.4) is 0 Å². The van der Waals surface area contributed by atoms with Crippen molar-refractivity contribution in [3.05, 3.63) is 11.7 Å². The fourth-order valence-corrected chi connectivity index (χ4v) is 2.79. The van der Waals surface area contributed by atoms with Crippen molar-refractivity contribution in [2.24, 2.45) is 0 Å². The molecular weight excluding hydrogens is 272 g/mol. The summed E-state index contributed by atoms with van der Waals surface area (Å²) in [7, 11) is 0. The van der Waals surface area contributed by atoms with Crippen molar-refractivity contribution in [2.75, 3.05) is 6.54 Å². The van der Waals surface area contributed by atoms with E-state index >= 15 is 0 Å². The van der Waals surface area contributed by atoms with Crippen molar-refractivity contribution in [1.29, 1.82) is 0 Å². The second-order valence-electron chi connectivity index (χ2n) is 5.88. The number of carbonyl (C=O) groups is 2. The van der Waals surface area contributed by atoms with Gasteiger partial charge in [-0.3, -0.25) is 9.59 Å². The lowest BCUT2D eigenvalue weighted by molar-refractivity contribution is -0.136. The number of nitrogens with one attached hydrogen (secondary N) is 1. The second-order valence-corrected chi connectivity index (χ2v) is 5.88. The number of hydrogen-bond donors (Lipinski definition) is 1. The van der Waals surface area contributed by atoms with Crippen LogP contribution in [0.25, 0.3) is 0 Å². The summed E-state index contributed by atoms with van der Waals surface area (Å²) < 4.78 is 5.29. The van der Waals surface area contributed by atoms with Gasteiger partial charge in [-0.2, -0.15) is 4.98 Å². The third-order valence-electron chi connectivity index (χ3n) is 4.01. The molecule has 0 bridgehead atoms. The fraction of sp³-hybridized carbons (Fsp3) is 0.714. The first-order valence-electron chi connectivity index (χ1n) is 7.47. The average molecular weight is 292 g/mol. The van der Waals surface area contributed by atoms with E-state index in [4.69, 9.17) is 4.52 Å². The zero-order valence-electron chi connectivity index (χ0n) is 12.3. The minimum Gasteiger partial charge on any atom is -0.345 e. The monoisotopic (exact) mass is 292 g/mol. The largest absolute Gasteiger partial charge is 0.345 e. The Morgan fingerprint density at radius 2 is 2.14 bits per heavy atom. The van der Waals surface area contributed by atoms with Crippen molar-refractivity contribution >= 4 is 11.8 Å². The third-order valence-corrected chi connectivity index (χ3v) is 4.01. The Morgan fingerprint density at radius 3 is 2.81 bits per heavy atom. The molecule has 1 aliphatic heterocycles. The molecule has 1 aromatic rings. The van der Waals surface area contributed by atoms with Gasteiger partial charge in [0.25, 0.3) is 0 Å². The van der Waals surface area contributed by atoms with Gasteiger partial charge in [0.15, 0.2) is 5.82 Å². The van der Waals surface area contributed by atoms with E-state index in [1.807, 2.05) is 0 Å². The minimum atomic E-state index is -0.530. The molecule has 1 aliphatic carbocycles. The van der Waals surface area contributed by atoms with Crippen LogP contribution < -0.4 is 5.32 Å². The Balaban J connectivity index is 1.71. The van der Waals surface area contributed by atoms with E-state index in [1.165, 1.54) is 6.92 Å². The molecule has 0 aromatic carbocycles. The molecule has 2 heterocycles. The molecule has 0 spiro atoms. The number of amides is 2. The molecule has 1 N–H and O–H groups in total. The summed E-state index contributed by atoms with van der Waals surface area (Å²) >= 11 is 0. The Bertz CT molecular complexity index is 552. The summed E-state index contributed by atoms with van der Waals surface area (Å²) in [6, 6.07) is -0.664. The summed E-state index contributed by atoms with van der Waals surface area (Å²) in [5.41, 5.74) is 0. The molecule has 2 aliphatic rings. The summed E-state index contributed by atoms with van der Waals surface area (Å²) in [5, 5.41) is 6.68. The van der Waals surface area contributed by atoms with Gasteiger partial charge in [0.1, 0.15) is 6.04 Å². The number of likely N-dealkylation sites (tertiary alicyclic amines) is 1. The van der Waals surface area contributed by atoms with Crippen LogP contribution >= 0.6 is 0 Å². The average Bonchev–Trinajstić information content (AvgIpc) is 2.99. The maximum absolute atomic E-state index is 12.4. The molecule has 7 heteroatoms. The summed E-state index contributed by atoms with van der Waals surface area (Å²) in [5.74, 6) is 1.40. The maximum atomic E-state index is 12.4. The highest BCUT2D eigenvalue weighted by Gasteiger charge is 2.37. The third kappa shape index (κ3) is 2.91. The second kappa shape index (κ2) is 5.46. The quantitative estimate of drug-likeness (QED) is 0.899. The lowest BCUT2D eigenvalue weighted by Crippen LogP contribution is -2.46. The number of aromatic nitrogens is 2. The summed E-state index contributed by atoms with van der Waals surface area (Å²) in [6.07, 6.45) is 3.96. The molecule has 3 rings (SSSR count). The maximum Gasteiger partial charge on any atom is 0.245 e. The van der Waals surface area contributed by atoms with E-state index in [1.54, 1.807) is 11.8 Å². The predicted octanol–water partition coefficient (Wildman–Crippen LogP) is 1.14. The molecule has 0 unspecified atom stereocenters. The molecule has 21 heavy (non-hydrogen) atoms. The minimum absolute atomic E-state index is 0.0922. The number of hydrogen-bond acceptors (Lipinski definition) is 5. The van der Waals surface area contributed by atoms with Crippen LogP contribution in [0.5, 0.6) is 0 Å². The first-order valence-corrected chi connectivity index (χ1v) is 7.47. The van der Waals surface area contributed by atoms with Gasteiger partial charge in [-0.05, 0) is 32.6 Å². The van der Waals surface area contributed by atoms with Crippen LogP contribution in [0.4, 0.5) is 0 Å². The molecule has 1 saturated heterocycles. The standard InChI is InChI=1S/C14H20N4O3/c1-8(15-9(2)19)14(20)18-7-3-4-11(18)12-16-13(21-17-12)10-5-6-10/h8,10-11H,3-7H2,1-2H3,(H,15,19)/t8-,11+/m1/s1. The van der Waals surface area contributed by atoms with Gasteiger partial charge in [0.05, 0.1) is 6.04 Å². The molecular formula is C14H20N4O3. The van der Waals surface area contributed by atoms with E-state index in [0.29, 0.717) is 24.2 Å². The van der Waals surface area contributed by atoms with Gasteiger partial charge < -0.3 is 14.7 Å². The van der Waals surface area contributed by atoms with Gasteiger partial charge in [-0.1, -0.05) is 5.16 Å². The predicted molar refractivity (Wildman–Crippen MR) is 73.2 cm³/mol. The van der Waals surface area contributed by atoms with Crippen molar-refractivity contribution in [3.8, 4) is 0 Å². The highest BCUT2D eigenvalue weighted by molar-refractivity contribution is 5.86. The summed E-state index contributed by atoms with van der Waals surface area (Å²) in [4.78, 5) is 29.7. The van der Waals surface area contributed by atoms with Gasteiger partial charge >= 0.3 is 0 Å². The van der Waals surface area contributed by atoms with Crippen LogP contribution in [0.2, 0.25) is 0 Å². The van der Waals surface area contributed by atoms with Crippen molar-refractivity contribution < 1.29 is 14.1 Å². The Kier molecular flexibility index (Phi) is 3.65. The van der Waals surface area contributed by atoms with E-state index in [-0.39, 0.29) is 17.9 Å². The van der Waals surface area contributed by atoms with Crippen molar-refractivity contribution in [3.63, 3.8) is 0 Å². The molecule has 2 fully saturated rings. The topological polar surface area (TPSA) is 88.3 Å². The van der Waals surface area contributed by atoms with Crippen LogP contribution in [-0.4, -0.2) is 39.4 Å². The SMILES string of the molecule is CC(=O)N[C@H](C)C(=O)N1CCC[C@H]1c1noc(C2CC2)n1. The van der Waals surface area contributed by atoms with E-state index in [2.05, 4.69) is 15.5 Å². The highest BCUT2D eigenvalue weighted by atomic mass is 16.5. The molecule has 0 radical (unpaired) electrons. The van der Waals surface area contributed by atoms with E-state index in [0.717, 1.165) is 25.7 Å². The Morgan fingerprint density at radius 1 is 1.38 bits per heavy atom. The van der Waals surface area contributed by atoms with Gasteiger partial charge in [0.2, 0.25) is 17.7 Å². The van der Waals surface area contributed by atoms with Crippen LogP contribution in [0, 0.1) is 0 Å². The molecule has 1 aromatic heterocycles. The molecule has 2 atom stereocenters. The van der Waals surface area contributed by atoms with Gasteiger partial charge in [0, 0.05) is 19.4 Å². The van der Waals surface area contributed by atoms with Crippen LogP contribution in [0.15, 0.2) is 4.52 Å². The van der Waals surface area contributed by atoms with Crippen molar-refractivity contribution in [2.45, 2.75) is 57.5 Å². The smallest absolute Gasteiger partial charge is 0.245 e. The molecule has 7 nitrogen and oxygen atoms in total. The fourth-order valence-electron chi connectivity index (χ4n) is 2.79. The molecule has 114 valence electrons. The molecule has 1 saturated carbocycles. The number of carbonyl (C=O) groups excluding carboxylic acids is 2. The first-order chi connectivity index (χ1) is 10.1. The molecule has 2 amide bonds. The van der Waals surface area contributed by atoms with E-state index < -0.39 is 6.04 Å². The Labute approximate surface area is 123 Å². The lowest BCUT2D eigenvalue weighted by Gasteiger charge is -2.25. The summed E-state index contributed by atoms with van der Waals surface area (Å²) in [6.45, 7) is 3.78. The highest BCUT2D eigenvalue weighted by Crippen LogP contribution is 2.40. The number of rotatable bonds is 4. The van der Waals surface area contributed by atoms with Crippen LogP contribution in [-0.2, 0) is 9.59 Å².